The van der Waals surface area contributed by atoms with Crippen molar-refractivity contribution in [2.45, 2.75) is 70.9 Å². The number of benzene rings is 1. The predicted molar refractivity (Wildman–Crippen MR) is 155 cm³/mol. The Hall–Kier alpha value is -2.97. The molecule has 3 heterocycles. The minimum absolute atomic E-state index is 0.0445. The van der Waals surface area contributed by atoms with Crippen LogP contribution in [0.1, 0.15) is 79.2 Å². The molecule has 5 rings (SSSR count). The van der Waals surface area contributed by atoms with Crippen LogP contribution in [-0.2, 0) is 7.05 Å². The van der Waals surface area contributed by atoms with Crippen LogP contribution in [0.2, 0.25) is 5.02 Å². The Morgan fingerprint density at radius 1 is 1.21 bits per heavy atom. The first-order valence-electron chi connectivity index (χ1n) is 13.8. The first-order valence-corrected chi connectivity index (χ1v) is 14.2. The molecule has 2 aliphatic rings. The second kappa shape index (κ2) is 10.9. The van der Waals surface area contributed by atoms with E-state index < -0.39 is 11.7 Å². The molecule has 1 aliphatic carbocycles. The zero-order valence-corrected chi connectivity index (χ0v) is 24.0. The van der Waals surface area contributed by atoms with Crippen molar-refractivity contribution < 1.29 is 9.18 Å². The van der Waals surface area contributed by atoms with Gasteiger partial charge in [0.25, 0.3) is 11.5 Å². The fourth-order valence-corrected chi connectivity index (χ4v) is 5.81. The normalized spacial score (nSPS) is 19.6. The molecule has 1 aromatic carbocycles. The average molecular weight is 554 g/mol. The van der Waals surface area contributed by atoms with E-state index in [1.54, 1.807) is 23.7 Å². The van der Waals surface area contributed by atoms with Crippen molar-refractivity contribution in [3.8, 4) is 0 Å². The van der Waals surface area contributed by atoms with E-state index in [2.05, 4.69) is 22.5 Å². The number of amides is 1. The van der Waals surface area contributed by atoms with E-state index in [4.69, 9.17) is 16.6 Å². The molecule has 9 heteroatoms. The zero-order chi connectivity index (χ0) is 28.0. The van der Waals surface area contributed by atoms with Crippen LogP contribution in [0.4, 0.5) is 10.1 Å². The fourth-order valence-electron chi connectivity index (χ4n) is 5.62. The van der Waals surface area contributed by atoms with E-state index in [0.717, 1.165) is 60.2 Å². The van der Waals surface area contributed by atoms with Crippen molar-refractivity contribution in [3.05, 3.63) is 68.0 Å². The summed E-state index contributed by atoms with van der Waals surface area (Å²) in [5, 5.41) is 7.54. The summed E-state index contributed by atoms with van der Waals surface area (Å²) in [5.74, 6) is -0.700. The third-order valence-corrected chi connectivity index (χ3v) is 8.58. The molecule has 2 fully saturated rings. The van der Waals surface area contributed by atoms with Gasteiger partial charge in [-0.2, -0.15) is 0 Å². The molecule has 1 saturated carbocycles. The number of aromatic nitrogens is 2. The number of fused-ring (bicyclic) bond motifs is 1. The van der Waals surface area contributed by atoms with Crippen molar-refractivity contribution in [2.75, 3.05) is 24.5 Å². The second-order valence-electron chi connectivity index (χ2n) is 11.3. The Bertz CT molecular complexity index is 1480. The van der Waals surface area contributed by atoms with Gasteiger partial charge in [0.15, 0.2) is 0 Å². The largest absolute Gasteiger partial charge is 0.369 e. The van der Waals surface area contributed by atoms with Gasteiger partial charge in [0.05, 0.1) is 21.9 Å². The van der Waals surface area contributed by atoms with Gasteiger partial charge in [0.1, 0.15) is 11.4 Å². The van der Waals surface area contributed by atoms with Crippen molar-refractivity contribution in [1.29, 1.82) is 0 Å². The number of rotatable bonds is 6. The van der Waals surface area contributed by atoms with E-state index in [0.29, 0.717) is 24.2 Å². The van der Waals surface area contributed by atoms with Gasteiger partial charge in [-0.15, -0.1) is 0 Å². The molecule has 39 heavy (non-hydrogen) atoms. The van der Waals surface area contributed by atoms with Crippen LogP contribution in [0.25, 0.3) is 10.9 Å². The van der Waals surface area contributed by atoms with Gasteiger partial charge in [-0.3, -0.25) is 14.6 Å². The third kappa shape index (κ3) is 5.41. The van der Waals surface area contributed by atoms with Gasteiger partial charge in [-0.25, -0.2) is 4.39 Å². The SMILES string of the molecule is Cc1cc2c(N3CCN[C@@H](C)CC3)c(C(=O)N[C@@H](C)[C@@H](C)c3ccc(F)c(Cl)c3)c(=O)n(C)c2c(C2CC2)n1. The van der Waals surface area contributed by atoms with Gasteiger partial charge < -0.3 is 20.1 Å². The van der Waals surface area contributed by atoms with Gasteiger partial charge in [-0.1, -0.05) is 24.6 Å². The lowest BCUT2D eigenvalue weighted by molar-refractivity contribution is 0.0934. The van der Waals surface area contributed by atoms with E-state index in [1.165, 1.54) is 6.07 Å². The summed E-state index contributed by atoms with van der Waals surface area (Å²) < 4.78 is 15.3. The molecule has 0 bridgehead atoms. The summed E-state index contributed by atoms with van der Waals surface area (Å²) in [6.45, 7) is 10.2. The quantitative estimate of drug-likeness (QED) is 0.448. The van der Waals surface area contributed by atoms with Crippen LogP contribution in [0, 0.1) is 12.7 Å². The van der Waals surface area contributed by atoms with Gasteiger partial charge in [0.2, 0.25) is 0 Å². The Kier molecular flexibility index (Phi) is 7.71. The summed E-state index contributed by atoms with van der Waals surface area (Å²) >= 11 is 6.02. The maximum Gasteiger partial charge on any atom is 0.265 e. The van der Waals surface area contributed by atoms with E-state index in [9.17, 15) is 14.0 Å². The number of aryl methyl sites for hydroxylation is 2. The predicted octanol–water partition coefficient (Wildman–Crippen LogP) is 5.02. The number of hydrogen-bond donors (Lipinski definition) is 2. The topological polar surface area (TPSA) is 79.3 Å². The molecule has 3 aromatic rings. The Labute approximate surface area is 233 Å². The number of carbonyl (C=O) groups excluding carboxylic acids is 1. The van der Waals surface area contributed by atoms with Crippen LogP contribution in [0.5, 0.6) is 0 Å². The molecular weight excluding hydrogens is 517 g/mol. The van der Waals surface area contributed by atoms with Crippen molar-refractivity contribution in [1.82, 2.24) is 20.2 Å². The smallest absolute Gasteiger partial charge is 0.265 e. The van der Waals surface area contributed by atoms with Crippen LogP contribution >= 0.6 is 11.6 Å². The highest BCUT2D eigenvalue weighted by atomic mass is 35.5. The van der Waals surface area contributed by atoms with Crippen LogP contribution in [0.15, 0.2) is 29.1 Å². The molecule has 3 atom stereocenters. The lowest BCUT2D eigenvalue weighted by Crippen LogP contribution is -2.42. The molecule has 1 saturated heterocycles. The molecule has 2 N–H and O–H groups in total. The number of hydrogen-bond acceptors (Lipinski definition) is 5. The maximum atomic E-state index is 14.0. The van der Waals surface area contributed by atoms with Gasteiger partial charge in [0, 0.05) is 61.7 Å². The first-order chi connectivity index (χ1) is 18.6. The van der Waals surface area contributed by atoms with Crippen molar-refractivity contribution in [2.24, 2.45) is 7.05 Å². The van der Waals surface area contributed by atoms with E-state index >= 15 is 0 Å². The second-order valence-corrected chi connectivity index (χ2v) is 11.7. The number of nitrogens with one attached hydrogen (secondary N) is 2. The lowest BCUT2D eigenvalue weighted by atomic mass is 9.94. The molecule has 0 spiro atoms. The van der Waals surface area contributed by atoms with Gasteiger partial charge in [-0.05, 0) is 63.8 Å². The molecule has 208 valence electrons. The number of nitrogens with zero attached hydrogens (tertiary/aromatic N) is 3. The highest BCUT2D eigenvalue weighted by Gasteiger charge is 2.33. The van der Waals surface area contributed by atoms with E-state index in [-0.39, 0.29) is 28.1 Å². The van der Waals surface area contributed by atoms with Crippen LogP contribution < -0.4 is 21.1 Å². The highest BCUT2D eigenvalue weighted by Crippen LogP contribution is 2.43. The molecule has 1 aliphatic heterocycles. The zero-order valence-electron chi connectivity index (χ0n) is 23.3. The molecule has 7 nitrogen and oxygen atoms in total. The van der Waals surface area contributed by atoms with Crippen molar-refractivity contribution >= 4 is 34.1 Å². The van der Waals surface area contributed by atoms with Gasteiger partial charge >= 0.3 is 0 Å². The third-order valence-electron chi connectivity index (χ3n) is 8.29. The summed E-state index contributed by atoms with van der Waals surface area (Å²) in [6.07, 6.45) is 3.02. The number of carbonyl (C=O) groups is 1. The standard InChI is InChI=1S/C30H37ClFN5O2/c1-16-10-12-37(13-11-33-16)27-22-14-17(2)34-26(20-6-7-20)28(22)36(5)30(39)25(27)29(38)35-19(4)18(3)21-8-9-24(32)23(31)15-21/h8-9,14-16,18-20,33H,6-7,10-13H2,1-5H3,(H,35,38)/t16-,18+,19-/m0/s1. The van der Waals surface area contributed by atoms with E-state index in [1.807, 2.05) is 26.8 Å². The summed E-state index contributed by atoms with van der Waals surface area (Å²) in [7, 11) is 1.74. The molecule has 0 unspecified atom stereocenters. The summed E-state index contributed by atoms with van der Waals surface area (Å²) in [5.41, 5.74) is 4.00. The Balaban J connectivity index is 1.61. The molecular formula is C30H37ClFN5O2. The van der Waals surface area contributed by atoms with Crippen LogP contribution in [0.3, 0.4) is 0 Å². The lowest BCUT2D eigenvalue weighted by Gasteiger charge is -2.29. The number of halogens is 2. The fraction of sp³-hybridized carbons (Fsp3) is 0.500. The van der Waals surface area contributed by atoms with Crippen LogP contribution in [-0.4, -0.2) is 47.2 Å². The minimum Gasteiger partial charge on any atom is -0.369 e. The Morgan fingerprint density at radius 2 is 1.95 bits per heavy atom. The Morgan fingerprint density at radius 3 is 2.64 bits per heavy atom. The summed E-state index contributed by atoms with van der Waals surface area (Å²) in [6, 6.07) is 6.63. The summed E-state index contributed by atoms with van der Waals surface area (Å²) in [4.78, 5) is 35.0. The highest BCUT2D eigenvalue weighted by molar-refractivity contribution is 6.30. The molecule has 1 amide bonds. The average Bonchev–Trinajstić information content (AvgIpc) is 3.75. The minimum atomic E-state index is -0.481. The monoisotopic (exact) mass is 553 g/mol. The first kappa shape index (κ1) is 27.6. The molecule has 2 aromatic heterocycles. The maximum absolute atomic E-state index is 14.0. The number of anilines is 1. The molecule has 0 radical (unpaired) electrons. The van der Waals surface area contributed by atoms with Crippen molar-refractivity contribution in [3.63, 3.8) is 0 Å². The number of pyridine rings is 2.